The van der Waals surface area contributed by atoms with E-state index in [4.69, 9.17) is 9.64 Å². The summed E-state index contributed by atoms with van der Waals surface area (Å²) in [4.78, 5) is 4.96. The summed E-state index contributed by atoms with van der Waals surface area (Å²) in [5, 5.41) is 10.3. The summed E-state index contributed by atoms with van der Waals surface area (Å²) in [5.74, 6) is 1.32. The van der Waals surface area contributed by atoms with Gasteiger partial charge >= 0.3 is 7.48 Å². The van der Waals surface area contributed by atoms with Gasteiger partial charge in [0.2, 0.25) is 0 Å². The molecule has 1 atom stereocenters. The Bertz CT molecular complexity index is 1090. The largest absolute Gasteiger partial charge is 0.427 e. The first kappa shape index (κ1) is 20.6. The van der Waals surface area contributed by atoms with Crippen LogP contribution >= 0.6 is 0 Å². The fraction of sp³-hybridized carbons (Fsp3) is 0.320. The summed E-state index contributed by atoms with van der Waals surface area (Å²) in [6.07, 6.45) is 9.56. The van der Waals surface area contributed by atoms with E-state index in [9.17, 15) is 5.11 Å². The molecule has 5 heteroatoms. The van der Waals surface area contributed by atoms with Crippen LogP contribution in [-0.4, -0.2) is 33.3 Å². The van der Waals surface area contributed by atoms with Crippen molar-refractivity contribution in [3.8, 4) is 5.69 Å². The summed E-state index contributed by atoms with van der Waals surface area (Å²) in [5.41, 5.74) is 2.73. The SMILES string of the molecule is CC(C)(O)C(C)(C)OBc1ccc(-n2c(C3C=CC=CC3)nc3ccccc32)cc1. The van der Waals surface area contributed by atoms with E-state index in [2.05, 4.69) is 71.3 Å². The Balaban J connectivity index is 1.64. The molecule has 1 heterocycles. The average Bonchev–Trinajstić information content (AvgIpc) is 3.12. The molecule has 1 N–H and O–H groups in total. The van der Waals surface area contributed by atoms with Crippen molar-refractivity contribution in [1.29, 1.82) is 0 Å². The zero-order chi connectivity index (χ0) is 21.4. The number of fused-ring (bicyclic) bond motifs is 1. The smallest absolute Gasteiger partial charge is 0.309 e. The van der Waals surface area contributed by atoms with Crippen LogP contribution < -0.4 is 5.46 Å². The lowest BCUT2D eigenvalue weighted by Gasteiger charge is -2.37. The second-order valence-corrected chi connectivity index (χ2v) is 8.97. The Kier molecular flexibility index (Phi) is 5.43. The second kappa shape index (κ2) is 7.90. The van der Waals surface area contributed by atoms with Crippen LogP contribution in [0.3, 0.4) is 0 Å². The standard InChI is InChI=1S/C25H29BN2O2/c1-24(2,29)25(3,4)30-26-19-14-16-20(17-15-19)28-22-13-9-8-12-21(22)27-23(28)18-10-6-5-7-11-18/h5-10,12-18,26,29H,11H2,1-4H3. The van der Waals surface area contributed by atoms with E-state index in [0.717, 1.165) is 34.4 Å². The summed E-state index contributed by atoms with van der Waals surface area (Å²) >= 11 is 0. The molecule has 4 rings (SSSR count). The number of aliphatic hydroxyl groups is 1. The number of rotatable bonds is 6. The highest BCUT2D eigenvalue weighted by atomic mass is 16.5. The molecule has 1 aliphatic rings. The number of para-hydroxylation sites is 2. The van der Waals surface area contributed by atoms with Crippen molar-refractivity contribution in [2.45, 2.75) is 51.2 Å². The van der Waals surface area contributed by atoms with Gasteiger partial charge in [-0.25, -0.2) is 4.98 Å². The highest BCUT2D eigenvalue weighted by Crippen LogP contribution is 2.30. The number of aromatic nitrogens is 2. The Morgan fingerprint density at radius 1 is 1.03 bits per heavy atom. The van der Waals surface area contributed by atoms with E-state index in [1.54, 1.807) is 13.8 Å². The molecule has 0 saturated carbocycles. The van der Waals surface area contributed by atoms with Gasteiger partial charge in [-0.1, -0.05) is 54.0 Å². The Morgan fingerprint density at radius 2 is 1.77 bits per heavy atom. The molecular formula is C25H29BN2O2. The number of imidazole rings is 1. The van der Waals surface area contributed by atoms with Crippen LogP contribution in [0.25, 0.3) is 16.7 Å². The number of nitrogens with zero attached hydrogens (tertiary/aromatic N) is 2. The van der Waals surface area contributed by atoms with Crippen LogP contribution in [0, 0.1) is 0 Å². The Hall–Kier alpha value is -2.63. The van der Waals surface area contributed by atoms with Gasteiger partial charge in [0, 0.05) is 11.6 Å². The third-order valence-corrected chi connectivity index (χ3v) is 6.17. The van der Waals surface area contributed by atoms with E-state index in [-0.39, 0.29) is 5.92 Å². The molecule has 0 aliphatic heterocycles. The van der Waals surface area contributed by atoms with Gasteiger partial charge in [-0.3, -0.25) is 4.57 Å². The molecule has 3 aromatic rings. The van der Waals surface area contributed by atoms with E-state index in [1.807, 2.05) is 19.9 Å². The minimum Gasteiger partial charge on any atom is -0.427 e. The lowest BCUT2D eigenvalue weighted by Crippen LogP contribution is -2.49. The summed E-state index contributed by atoms with van der Waals surface area (Å²) in [6, 6.07) is 16.7. The van der Waals surface area contributed by atoms with E-state index in [1.165, 1.54) is 0 Å². The van der Waals surface area contributed by atoms with Crippen LogP contribution in [0.15, 0.2) is 72.8 Å². The summed E-state index contributed by atoms with van der Waals surface area (Å²) in [6.45, 7) is 7.38. The van der Waals surface area contributed by atoms with Crippen LogP contribution in [0.2, 0.25) is 0 Å². The predicted octanol–water partition coefficient (Wildman–Crippen LogP) is 4.17. The first-order valence-corrected chi connectivity index (χ1v) is 10.5. The van der Waals surface area contributed by atoms with Crippen molar-refractivity contribution in [2.75, 3.05) is 0 Å². The minimum absolute atomic E-state index is 0.262. The second-order valence-electron chi connectivity index (χ2n) is 8.97. The molecule has 1 aromatic heterocycles. The third-order valence-electron chi connectivity index (χ3n) is 6.17. The van der Waals surface area contributed by atoms with Gasteiger partial charge in [-0.05, 0) is 58.4 Å². The molecule has 0 saturated heterocycles. The van der Waals surface area contributed by atoms with Gasteiger partial charge in [-0.2, -0.15) is 0 Å². The zero-order valence-electron chi connectivity index (χ0n) is 18.2. The lowest BCUT2D eigenvalue weighted by atomic mass is 9.82. The molecule has 0 fully saturated rings. The average molecular weight is 400 g/mol. The Morgan fingerprint density at radius 3 is 2.43 bits per heavy atom. The van der Waals surface area contributed by atoms with Crippen molar-refractivity contribution in [2.24, 2.45) is 0 Å². The minimum atomic E-state index is -0.917. The van der Waals surface area contributed by atoms with Gasteiger partial charge in [0.05, 0.1) is 22.2 Å². The maximum absolute atomic E-state index is 10.3. The van der Waals surface area contributed by atoms with Gasteiger partial charge in [-0.15, -0.1) is 0 Å². The Labute approximate surface area is 179 Å². The normalized spacial score (nSPS) is 16.9. The van der Waals surface area contributed by atoms with Gasteiger partial charge in [0.25, 0.3) is 0 Å². The van der Waals surface area contributed by atoms with Gasteiger partial charge in [0.15, 0.2) is 0 Å². The predicted molar refractivity (Wildman–Crippen MR) is 125 cm³/mol. The number of benzene rings is 2. The third kappa shape index (κ3) is 4.00. The number of hydrogen-bond donors (Lipinski definition) is 1. The molecule has 0 amide bonds. The van der Waals surface area contributed by atoms with E-state index >= 15 is 0 Å². The maximum atomic E-state index is 10.3. The fourth-order valence-electron chi connectivity index (χ4n) is 3.52. The fourth-order valence-corrected chi connectivity index (χ4v) is 3.52. The molecule has 0 spiro atoms. The van der Waals surface area contributed by atoms with Crippen molar-refractivity contribution in [1.82, 2.24) is 9.55 Å². The zero-order valence-corrected chi connectivity index (χ0v) is 18.2. The molecule has 1 aliphatic carbocycles. The van der Waals surface area contributed by atoms with Crippen LogP contribution in [-0.2, 0) is 4.65 Å². The highest BCUT2D eigenvalue weighted by molar-refractivity contribution is 6.47. The topological polar surface area (TPSA) is 47.3 Å². The van der Waals surface area contributed by atoms with Gasteiger partial charge in [0.1, 0.15) is 5.82 Å². The lowest BCUT2D eigenvalue weighted by molar-refractivity contribution is -0.0893. The summed E-state index contributed by atoms with van der Waals surface area (Å²) in [7, 11) is 0.449. The van der Waals surface area contributed by atoms with Gasteiger partial charge < -0.3 is 9.76 Å². The molecule has 154 valence electrons. The van der Waals surface area contributed by atoms with E-state index < -0.39 is 11.2 Å². The molecule has 0 radical (unpaired) electrons. The summed E-state index contributed by atoms with van der Waals surface area (Å²) < 4.78 is 8.27. The molecule has 0 bridgehead atoms. The van der Waals surface area contributed by atoms with Crippen molar-refractivity contribution < 1.29 is 9.76 Å². The number of hydrogen-bond acceptors (Lipinski definition) is 3. The quantitative estimate of drug-likeness (QED) is 0.632. The molecule has 30 heavy (non-hydrogen) atoms. The molecule has 4 nitrogen and oxygen atoms in total. The van der Waals surface area contributed by atoms with Crippen LogP contribution in [0.1, 0.15) is 45.9 Å². The first-order valence-electron chi connectivity index (χ1n) is 10.5. The maximum Gasteiger partial charge on any atom is 0.309 e. The molecule has 1 unspecified atom stereocenters. The van der Waals surface area contributed by atoms with Crippen LogP contribution in [0.5, 0.6) is 0 Å². The monoisotopic (exact) mass is 400 g/mol. The first-order chi connectivity index (χ1) is 14.3. The van der Waals surface area contributed by atoms with Crippen molar-refractivity contribution in [3.05, 3.63) is 78.7 Å². The van der Waals surface area contributed by atoms with Crippen molar-refractivity contribution in [3.63, 3.8) is 0 Å². The highest BCUT2D eigenvalue weighted by Gasteiger charge is 2.35. The molecule has 2 aromatic carbocycles. The van der Waals surface area contributed by atoms with Crippen LogP contribution in [0.4, 0.5) is 0 Å². The van der Waals surface area contributed by atoms with E-state index in [0.29, 0.717) is 7.48 Å². The van der Waals surface area contributed by atoms with Crippen molar-refractivity contribution >= 4 is 24.0 Å². The number of allylic oxidation sites excluding steroid dienone is 4. The molecular weight excluding hydrogens is 371 g/mol.